The van der Waals surface area contributed by atoms with Gasteiger partial charge in [-0.2, -0.15) is 15.0 Å². The van der Waals surface area contributed by atoms with Crippen molar-refractivity contribution in [2.75, 3.05) is 96.6 Å². The number of aromatic nitrogens is 15. The number of ether oxygens (including phenoxy) is 1. The highest BCUT2D eigenvalue weighted by Crippen LogP contribution is 2.44. The van der Waals surface area contributed by atoms with Crippen molar-refractivity contribution in [1.82, 2.24) is 89.9 Å². The van der Waals surface area contributed by atoms with Gasteiger partial charge in [0.05, 0.1) is 107 Å². The number of aldehydes is 1. The molecule has 688 valence electrons. The third-order valence-corrected chi connectivity index (χ3v) is 25.7. The summed E-state index contributed by atoms with van der Waals surface area (Å²) in [5.74, 6) is -2.28. The van der Waals surface area contributed by atoms with E-state index in [2.05, 4.69) is 124 Å². The number of esters is 1. The highest BCUT2D eigenvalue weighted by molar-refractivity contribution is 7.12. The van der Waals surface area contributed by atoms with Gasteiger partial charge in [0.2, 0.25) is 29.7 Å². The number of halogens is 5. The number of nitrogens with one attached hydrogen (secondary N) is 4. The molecule has 4 amide bonds. The Hall–Kier alpha value is -11.4. The summed E-state index contributed by atoms with van der Waals surface area (Å²) in [7, 11) is 0. The summed E-state index contributed by atoms with van der Waals surface area (Å²) < 4.78 is 4.74. The van der Waals surface area contributed by atoms with Crippen LogP contribution in [-0.4, -0.2) is 202 Å². The zero-order valence-corrected chi connectivity index (χ0v) is 80.4. The van der Waals surface area contributed by atoms with E-state index in [0.29, 0.717) is 100 Å². The van der Waals surface area contributed by atoms with Crippen molar-refractivity contribution in [3.8, 4) is 0 Å². The number of nitrogens with two attached hydrogens (primary N) is 6. The summed E-state index contributed by atoms with van der Waals surface area (Å²) in [6.45, 7) is 38.4. The van der Waals surface area contributed by atoms with E-state index in [1.54, 1.807) is 59.8 Å². The number of hydrogen-bond donors (Lipinski definition) is 12. The number of hydrogen-bond acceptors (Lipinski definition) is 33. The molecule has 14 rings (SSSR count). The molecule has 38 nitrogen and oxygen atoms in total. The van der Waals surface area contributed by atoms with Crippen LogP contribution in [-0.2, 0) is 62.9 Å². The molecule has 3 aliphatic heterocycles. The first-order valence-corrected chi connectivity index (χ1v) is 45.1. The largest absolute Gasteiger partial charge is 0.478 e. The van der Waals surface area contributed by atoms with Crippen LogP contribution in [0.1, 0.15) is 183 Å². The first kappa shape index (κ1) is 103. The minimum atomic E-state index is -1.06. The van der Waals surface area contributed by atoms with Gasteiger partial charge in [0.25, 0.3) is 17.7 Å². The van der Waals surface area contributed by atoms with Gasteiger partial charge in [-0.15, -0.1) is 45.3 Å². The smallest absolute Gasteiger partial charge is 0.337 e. The summed E-state index contributed by atoms with van der Waals surface area (Å²) in [5.41, 5.74) is 42.8. The van der Waals surface area contributed by atoms with Crippen molar-refractivity contribution in [3.63, 3.8) is 0 Å². The van der Waals surface area contributed by atoms with Gasteiger partial charge < -0.3 is 79.4 Å². The number of aromatic carboxylic acids is 2. The predicted molar refractivity (Wildman–Crippen MR) is 507 cm³/mol. The van der Waals surface area contributed by atoms with E-state index in [-0.39, 0.29) is 122 Å². The first-order valence-electron chi connectivity index (χ1n) is 39.9. The lowest BCUT2D eigenvalue weighted by Gasteiger charge is -2.17. The van der Waals surface area contributed by atoms with Gasteiger partial charge in [-0.05, 0) is 132 Å². The van der Waals surface area contributed by atoms with Crippen molar-refractivity contribution >= 4 is 216 Å². The third-order valence-electron chi connectivity index (χ3n) is 19.9. The molecule has 11 aromatic heterocycles. The standard InChI is InChI=1S/C25H31ClN8O2S.C19H17ClN6O3S.C12H12ClN5OS.C8H9Cl2N3O2.C6H10N2S.C6H16N2.C6H5NO3/c1-6-33(7-2)9-8-28-23(35)17-11-29-18(13(17)3)10-16-20-21(26)31-25(27)32-22(20)34(24(16)36)12-19-30-14(4)15(5)37-19;1-7-11(18(28)29)5-22-12(7)4-10-14-15(20)24-19(21)25-16(14)26(17(10)27)6-13-23-8(2)9(3)30-13;1-5-6(2)20-8(15-5)4-18-9(19)3-7-10(13)16-12(14)17-11(7)18;1-2-15-5(14)3-4-6(9)12-8(11)13-7(4)10;1-4-5(2)9-6(3-7)8-4;1-3-8(4-2)6-5-7;8-3-5-1-4(2-7-5)6(9)10/h10-11,29H,6-9,12H2,1-5H3,(H,28,35)(H2,27,31,32);4-5,22H,6H2,1-3H3,(H,28,29)(H2,21,24,25);3-4H2,1-2H3,(H2,14,16,17);2-3H2,1H3,(H2,11,12,13);3,7H2,1-2H3;3-7H2,1-2H3;1-3,7H,(H,9,10)/b16-10-;10-4-;;;;;. The fourth-order valence-electron chi connectivity index (χ4n) is 12.5. The number of carboxylic acids is 2. The monoisotopic (exact) mass is 1940 g/mol. The van der Waals surface area contributed by atoms with Gasteiger partial charge in [0.15, 0.2) is 17.9 Å². The van der Waals surface area contributed by atoms with Crippen molar-refractivity contribution in [3.05, 3.63) is 180 Å². The van der Waals surface area contributed by atoms with Gasteiger partial charge in [-0.25, -0.2) is 54.4 Å². The fraction of sp³-hybridized carbons (Fsp3) is 0.366. The summed E-state index contributed by atoms with van der Waals surface area (Å²) in [5, 5.41) is 24.6. The first-order chi connectivity index (χ1) is 61.1. The maximum Gasteiger partial charge on any atom is 0.337 e. The normalized spacial score (nSPS) is 12.9. The van der Waals surface area contributed by atoms with Gasteiger partial charge in [0.1, 0.15) is 51.6 Å². The quantitative estimate of drug-likeness (QED) is 0.0109. The van der Waals surface area contributed by atoms with E-state index < -0.39 is 17.9 Å². The molecule has 11 aromatic rings. The van der Waals surface area contributed by atoms with Gasteiger partial charge in [-0.1, -0.05) is 85.7 Å². The van der Waals surface area contributed by atoms with E-state index in [0.717, 1.165) is 109 Å². The van der Waals surface area contributed by atoms with Crippen molar-refractivity contribution in [1.29, 1.82) is 0 Å². The number of carbonyl (C=O) groups is 8. The van der Waals surface area contributed by atoms with Crippen molar-refractivity contribution in [2.45, 2.75) is 143 Å². The average Bonchev–Trinajstić information content (AvgIpc) is 1.60. The van der Waals surface area contributed by atoms with Crippen LogP contribution in [0.15, 0.2) is 24.7 Å². The van der Waals surface area contributed by atoms with E-state index in [9.17, 15) is 43.5 Å². The maximum absolute atomic E-state index is 13.6. The van der Waals surface area contributed by atoms with E-state index in [1.165, 1.54) is 55.8 Å². The van der Waals surface area contributed by atoms with Crippen molar-refractivity contribution < 1.29 is 53.3 Å². The van der Waals surface area contributed by atoms with Gasteiger partial charge >= 0.3 is 17.9 Å². The Morgan fingerprint density at radius 1 is 0.519 bits per heavy atom. The predicted octanol–water partition coefficient (Wildman–Crippen LogP) is 12.2. The Kier molecular flexibility index (Phi) is 37.7. The molecule has 0 aromatic carbocycles. The third kappa shape index (κ3) is 26.7. The van der Waals surface area contributed by atoms with Crippen LogP contribution in [0, 0.1) is 69.2 Å². The highest BCUT2D eigenvalue weighted by Gasteiger charge is 2.40. The van der Waals surface area contributed by atoms with Crippen LogP contribution in [0.5, 0.6) is 0 Å². The molecule has 0 bridgehead atoms. The number of aryl methyl sites for hydroxylation is 8. The molecule has 0 aliphatic carbocycles. The van der Waals surface area contributed by atoms with Crippen LogP contribution >= 0.6 is 103 Å². The summed E-state index contributed by atoms with van der Waals surface area (Å²) in [6, 6.07) is 1.27. The Morgan fingerprint density at radius 3 is 1.29 bits per heavy atom. The minimum absolute atomic E-state index is 0.0194. The van der Waals surface area contributed by atoms with Crippen LogP contribution in [0.4, 0.5) is 41.2 Å². The number of likely N-dealkylation sites (N-methyl/N-ethyl adjacent to an activating group) is 2. The second kappa shape index (κ2) is 47.3. The molecule has 0 fully saturated rings. The number of nitrogen functional groups attached to an aromatic ring is 4. The number of thiazole rings is 4. The number of nitrogens with zero attached hydrogens (tertiary/aromatic N) is 17. The zero-order valence-electron chi connectivity index (χ0n) is 73.3. The summed E-state index contributed by atoms with van der Waals surface area (Å²) >= 11 is 36.6. The number of anilines is 7. The topological polar surface area (TPSA) is 573 Å². The van der Waals surface area contributed by atoms with Gasteiger partial charge in [0, 0.05) is 93.3 Å². The number of H-pyrrole nitrogens is 3. The summed E-state index contributed by atoms with van der Waals surface area (Å²) in [4.78, 5) is 166. The fourth-order valence-corrected chi connectivity index (χ4v) is 17.4. The molecule has 0 spiro atoms. The maximum atomic E-state index is 13.6. The molecule has 0 radical (unpaired) electrons. The minimum Gasteiger partial charge on any atom is -0.478 e. The molecule has 18 N–H and O–H groups in total. The molecular formula is C82H100Cl5N27O11S4. The number of fused-ring (bicyclic) bond motifs is 3. The molecular weight excluding hydrogens is 1840 g/mol. The Bertz CT molecular complexity index is 5890. The second-order valence-electron chi connectivity index (χ2n) is 28.3. The molecule has 3 aliphatic rings. The number of carboxylic acid groups (broad SMARTS) is 2. The Morgan fingerprint density at radius 2 is 0.922 bits per heavy atom. The second-order valence-corrected chi connectivity index (χ2v) is 35.3. The number of aromatic amines is 3. The van der Waals surface area contributed by atoms with E-state index in [4.69, 9.17) is 102 Å². The van der Waals surface area contributed by atoms with Crippen LogP contribution in [0.25, 0.3) is 23.3 Å². The number of carbonyl (C=O) groups excluding carboxylic acids is 6. The highest BCUT2D eigenvalue weighted by atomic mass is 35.5. The Balaban J connectivity index is 0.000000199. The van der Waals surface area contributed by atoms with Crippen molar-refractivity contribution in [2.24, 2.45) is 11.5 Å². The molecule has 0 atom stereocenters. The molecule has 0 saturated carbocycles. The van der Waals surface area contributed by atoms with Crippen LogP contribution in [0.3, 0.4) is 0 Å². The van der Waals surface area contributed by atoms with E-state index in [1.807, 2.05) is 55.4 Å². The van der Waals surface area contributed by atoms with Gasteiger partial charge in [-0.3, -0.25) is 43.5 Å². The lowest BCUT2D eigenvalue weighted by atomic mass is 10.1. The summed E-state index contributed by atoms with van der Waals surface area (Å²) in [6.07, 6.45) is 8.25. The Labute approximate surface area is 784 Å². The van der Waals surface area contributed by atoms with Crippen LogP contribution in [0.2, 0.25) is 25.8 Å². The zero-order chi connectivity index (χ0) is 95.3. The SMILES string of the molecule is CCN(CC)CCN.CCN(CC)CCNC(=O)c1c[nH]c(/C=C2\C(=O)N(Cc3nc(C)c(C)s3)c3nc(N)nc(Cl)c32)c1C.CCOC(=O)Cc1c(Cl)nc(N)nc1Cl.Cc1nc(CN)sc1C.Cc1nc(CN2C(=O)/C(=C\c3[nH]cc(C(=O)O)c3C)c3c(Cl)nc(N)nc32)sc1C.Cc1nc(CN2C(=O)Cc3c(Cl)nc(N)nc32)sc1C.O=Cc1cc(C(=O)O)c[nH]1. The molecule has 129 heavy (non-hydrogen) atoms. The number of amides is 4. The lowest BCUT2D eigenvalue weighted by molar-refractivity contribution is -0.142. The average molecular weight is 1950 g/mol. The van der Waals surface area contributed by atoms with E-state index >= 15 is 0 Å². The molecule has 14 heterocycles. The lowest BCUT2D eigenvalue weighted by Crippen LogP contribution is -2.34. The molecule has 0 saturated heterocycles. The molecule has 47 heteroatoms. The van der Waals surface area contributed by atoms with Crippen LogP contribution < -0.4 is 54.4 Å². The molecule has 0 unspecified atom stereocenters. The number of rotatable bonds is 25.